The number of para-hydroxylation sites is 1. The number of methoxy groups -OCH3 is 2. The average Bonchev–Trinajstić information content (AvgIpc) is 2.81. The normalized spacial score (nSPS) is 18.4. The number of hydrogen-bond acceptors (Lipinski definition) is 6. The fourth-order valence-corrected chi connectivity index (χ4v) is 5.40. The Hall–Kier alpha value is -3.00. The first kappa shape index (κ1) is 23.2. The molecule has 0 bridgehead atoms. The molecule has 8 heteroatoms. The van der Waals surface area contributed by atoms with E-state index in [0.717, 1.165) is 19.5 Å². The third-order valence-electron chi connectivity index (χ3n) is 5.92. The fraction of sp³-hybridized carbons (Fsp3) is 0.400. The predicted octanol–water partition coefficient (Wildman–Crippen LogP) is 4.00. The molecule has 3 aromatic rings. The Labute approximate surface area is 197 Å². The molecule has 0 N–H and O–H groups in total. The average molecular weight is 468 g/mol. The molecule has 0 saturated carbocycles. The third kappa shape index (κ3) is 4.85. The summed E-state index contributed by atoms with van der Waals surface area (Å²) < 4.78 is 12.3. The van der Waals surface area contributed by atoms with Crippen molar-refractivity contribution in [2.45, 2.75) is 25.4 Å². The van der Waals surface area contributed by atoms with E-state index in [-0.39, 0.29) is 17.2 Å². The molecule has 4 rings (SSSR count). The first-order chi connectivity index (χ1) is 15.9. The summed E-state index contributed by atoms with van der Waals surface area (Å²) in [5.74, 6) is 2.36. The summed E-state index contributed by atoms with van der Waals surface area (Å²) in [5.41, 5.74) is 1.02. The van der Waals surface area contributed by atoms with E-state index in [9.17, 15) is 9.59 Å². The number of carbonyl (C=O) groups is 1. The van der Waals surface area contributed by atoms with Gasteiger partial charge in [-0.15, -0.1) is 0 Å². The molecule has 174 valence electrons. The van der Waals surface area contributed by atoms with Gasteiger partial charge in [0.15, 0.2) is 16.7 Å². The standard InChI is InChI=1S/C25H29N3O4S/c1-16-11-17(2)14-27(13-16)23(29)15-33-25-26-20-8-6-5-7-19(20)24(30)28(25)18-9-10-21(31-3)22(12-18)32-4/h5-10,12,16-17H,11,13-15H2,1-4H3/t16-,17-/m0/s1. The van der Waals surface area contributed by atoms with Crippen molar-refractivity contribution in [3.8, 4) is 17.2 Å². The van der Waals surface area contributed by atoms with Crippen LogP contribution < -0.4 is 15.0 Å². The molecule has 1 aliphatic rings. The zero-order chi connectivity index (χ0) is 23.5. The second-order valence-electron chi connectivity index (χ2n) is 8.62. The lowest BCUT2D eigenvalue weighted by atomic mass is 9.92. The van der Waals surface area contributed by atoms with E-state index in [1.54, 1.807) is 43.1 Å². The van der Waals surface area contributed by atoms with Crippen LogP contribution in [-0.4, -0.2) is 53.4 Å². The monoisotopic (exact) mass is 467 g/mol. The Bertz CT molecular complexity index is 1220. The van der Waals surface area contributed by atoms with Gasteiger partial charge in [0, 0.05) is 19.2 Å². The Kier molecular flexibility index (Phi) is 6.93. The van der Waals surface area contributed by atoms with Gasteiger partial charge in [0.1, 0.15) is 0 Å². The van der Waals surface area contributed by atoms with Gasteiger partial charge in [0.25, 0.3) is 5.56 Å². The molecule has 0 unspecified atom stereocenters. The summed E-state index contributed by atoms with van der Waals surface area (Å²) in [7, 11) is 3.12. The molecule has 1 fully saturated rings. The molecule has 1 amide bonds. The number of hydrogen-bond donors (Lipinski definition) is 0. The van der Waals surface area contributed by atoms with Gasteiger partial charge in [0.05, 0.1) is 36.6 Å². The Morgan fingerprint density at radius 3 is 2.45 bits per heavy atom. The number of ether oxygens (including phenoxy) is 2. The molecule has 2 heterocycles. The van der Waals surface area contributed by atoms with Crippen LogP contribution >= 0.6 is 11.8 Å². The van der Waals surface area contributed by atoms with E-state index in [1.165, 1.54) is 11.8 Å². The number of nitrogens with zero attached hydrogens (tertiary/aromatic N) is 3. The van der Waals surface area contributed by atoms with Crippen LogP contribution in [0.15, 0.2) is 52.4 Å². The number of carbonyl (C=O) groups excluding carboxylic acids is 1. The quantitative estimate of drug-likeness (QED) is 0.403. The van der Waals surface area contributed by atoms with Gasteiger partial charge in [0.2, 0.25) is 5.91 Å². The largest absolute Gasteiger partial charge is 0.493 e. The van der Waals surface area contributed by atoms with Crippen LogP contribution in [0.5, 0.6) is 11.5 Å². The molecule has 2 aromatic carbocycles. The maximum absolute atomic E-state index is 13.5. The lowest BCUT2D eigenvalue weighted by Crippen LogP contribution is -2.43. The lowest BCUT2D eigenvalue weighted by Gasteiger charge is -2.35. The Morgan fingerprint density at radius 1 is 1.06 bits per heavy atom. The van der Waals surface area contributed by atoms with Crippen LogP contribution in [0.3, 0.4) is 0 Å². The summed E-state index contributed by atoms with van der Waals surface area (Å²) in [5, 5.41) is 0.985. The van der Waals surface area contributed by atoms with Crippen LogP contribution in [0.1, 0.15) is 20.3 Å². The van der Waals surface area contributed by atoms with Crippen LogP contribution in [-0.2, 0) is 4.79 Å². The second kappa shape index (κ2) is 9.87. The number of fused-ring (bicyclic) bond motifs is 1. The van der Waals surface area contributed by atoms with Gasteiger partial charge < -0.3 is 14.4 Å². The smallest absolute Gasteiger partial charge is 0.266 e. The molecular formula is C25H29N3O4S. The van der Waals surface area contributed by atoms with E-state index in [1.807, 2.05) is 23.1 Å². The van der Waals surface area contributed by atoms with Crippen molar-refractivity contribution < 1.29 is 14.3 Å². The second-order valence-corrected chi connectivity index (χ2v) is 9.57. The number of thioether (sulfide) groups is 1. The highest BCUT2D eigenvalue weighted by molar-refractivity contribution is 7.99. The van der Waals surface area contributed by atoms with Crippen LogP contribution in [0.4, 0.5) is 0 Å². The van der Waals surface area contributed by atoms with Gasteiger partial charge in [-0.2, -0.15) is 0 Å². The highest BCUT2D eigenvalue weighted by Gasteiger charge is 2.26. The maximum Gasteiger partial charge on any atom is 0.266 e. The molecule has 7 nitrogen and oxygen atoms in total. The van der Waals surface area contributed by atoms with Gasteiger partial charge in [-0.3, -0.25) is 14.2 Å². The van der Waals surface area contributed by atoms with Crippen molar-refractivity contribution in [2.75, 3.05) is 33.1 Å². The van der Waals surface area contributed by atoms with E-state index >= 15 is 0 Å². The first-order valence-corrected chi connectivity index (χ1v) is 12.0. The molecule has 0 aliphatic carbocycles. The lowest BCUT2D eigenvalue weighted by molar-refractivity contribution is -0.130. The minimum atomic E-state index is -0.192. The molecule has 33 heavy (non-hydrogen) atoms. The Balaban J connectivity index is 1.72. The van der Waals surface area contributed by atoms with Crippen molar-refractivity contribution in [2.24, 2.45) is 11.8 Å². The Morgan fingerprint density at radius 2 is 1.76 bits per heavy atom. The highest BCUT2D eigenvalue weighted by atomic mass is 32.2. The molecule has 2 atom stereocenters. The number of amides is 1. The van der Waals surface area contributed by atoms with E-state index in [2.05, 4.69) is 13.8 Å². The minimum absolute atomic E-state index is 0.0691. The van der Waals surface area contributed by atoms with E-state index < -0.39 is 0 Å². The van der Waals surface area contributed by atoms with Crippen LogP contribution in [0.25, 0.3) is 16.6 Å². The zero-order valence-corrected chi connectivity index (χ0v) is 20.2. The van der Waals surface area contributed by atoms with Gasteiger partial charge in [-0.25, -0.2) is 4.98 Å². The predicted molar refractivity (Wildman–Crippen MR) is 131 cm³/mol. The molecular weight excluding hydrogens is 438 g/mol. The van der Waals surface area contributed by atoms with Crippen molar-refractivity contribution in [1.82, 2.24) is 14.5 Å². The SMILES string of the molecule is COc1ccc(-n2c(SCC(=O)N3C[C@@H](C)C[C@H](C)C3)nc3ccccc3c2=O)cc1OC. The van der Waals surface area contributed by atoms with Crippen LogP contribution in [0, 0.1) is 11.8 Å². The number of likely N-dealkylation sites (tertiary alicyclic amines) is 1. The number of aromatic nitrogens is 2. The zero-order valence-electron chi connectivity index (χ0n) is 19.4. The summed E-state index contributed by atoms with van der Waals surface area (Å²) in [4.78, 5) is 33.2. The molecule has 0 spiro atoms. The molecule has 0 radical (unpaired) electrons. The van der Waals surface area contributed by atoms with Crippen LogP contribution in [0.2, 0.25) is 0 Å². The van der Waals surface area contributed by atoms with Crippen molar-refractivity contribution in [1.29, 1.82) is 0 Å². The third-order valence-corrected chi connectivity index (χ3v) is 6.84. The molecule has 1 saturated heterocycles. The topological polar surface area (TPSA) is 73.7 Å². The molecule has 1 aromatic heterocycles. The van der Waals surface area contributed by atoms with E-state index in [0.29, 0.717) is 45.1 Å². The minimum Gasteiger partial charge on any atom is -0.493 e. The number of piperidine rings is 1. The van der Waals surface area contributed by atoms with Crippen molar-refractivity contribution in [3.63, 3.8) is 0 Å². The van der Waals surface area contributed by atoms with Gasteiger partial charge >= 0.3 is 0 Å². The summed E-state index contributed by atoms with van der Waals surface area (Å²) in [6.07, 6.45) is 1.14. The van der Waals surface area contributed by atoms with Crippen molar-refractivity contribution in [3.05, 3.63) is 52.8 Å². The summed E-state index contributed by atoms with van der Waals surface area (Å²) in [6.45, 7) is 5.92. The number of benzene rings is 2. The summed E-state index contributed by atoms with van der Waals surface area (Å²) in [6, 6.07) is 12.5. The van der Waals surface area contributed by atoms with E-state index in [4.69, 9.17) is 14.5 Å². The highest BCUT2D eigenvalue weighted by Crippen LogP contribution is 2.31. The molecule has 1 aliphatic heterocycles. The van der Waals surface area contributed by atoms with Gasteiger partial charge in [-0.05, 0) is 42.5 Å². The number of rotatable bonds is 6. The maximum atomic E-state index is 13.5. The fourth-order valence-electron chi connectivity index (χ4n) is 4.49. The summed E-state index contributed by atoms with van der Waals surface area (Å²) >= 11 is 1.29. The van der Waals surface area contributed by atoms with Gasteiger partial charge in [-0.1, -0.05) is 37.7 Å². The first-order valence-electron chi connectivity index (χ1n) is 11.1. The van der Waals surface area contributed by atoms with Crippen molar-refractivity contribution >= 4 is 28.6 Å².